The van der Waals surface area contributed by atoms with E-state index in [1.165, 1.54) is 4.90 Å². The zero-order valence-corrected chi connectivity index (χ0v) is 9.69. The molecule has 14 heavy (non-hydrogen) atoms. The summed E-state index contributed by atoms with van der Waals surface area (Å²) in [5.74, 6) is 0. The molecule has 0 saturated carbocycles. The third-order valence-corrected chi connectivity index (χ3v) is 3.27. The summed E-state index contributed by atoms with van der Waals surface area (Å²) in [5.41, 5.74) is 2.03. The molecular weight excluding hydrogens is 293 g/mol. The van der Waals surface area contributed by atoms with Crippen molar-refractivity contribution in [2.24, 2.45) is 0 Å². The minimum Gasteiger partial charge on any atom is -0.465 e. The van der Waals surface area contributed by atoms with E-state index in [9.17, 15) is 4.79 Å². The predicted octanol–water partition coefficient (Wildman–Crippen LogP) is 2.72. The summed E-state index contributed by atoms with van der Waals surface area (Å²) in [6, 6.07) is 5.93. The molecule has 3 nitrogen and oxygen atoms in total. The predicted molar refractivity (Wildman–Crippen MR) is 62.9 cm³/mol. The Bertz CT molecular complexity index is 378. The van der Waals surface area contributed by atoms with Gasteiger partial charge in [0, 0.05) is 10.1 Å². The highest BCUT2D eigenvalue weighted by atomic mass is 127. The van der Waals surface area contributed by atoms with Crippen molar-refractivity contribution in [3.63, 3.8) is 0 Å². The fourth-order valence-electron chi connectivity index (χ4n) is 1.79. The minimum absolute atomic E-state index is 0.613. The Labute approximate surface area is 95.9 Å². The third kappa shape index (κ3) is 1.58. The molecule has 0 radical (unpaired) electrons. The van der Waals surface area contributed by atoms with Gasteiger partial charge in [0.25, 0.3) is 0 Å². The minimum atomic E-state index is -0.852. The second-order valence-electron chi connectivity index (χ2n) is 3.29. The number of anilines is 1. The summed E-state index contributed by atoms with van der Waals surface area (Å²) in [6.45, 7) is 0.613. The van der Waals surface area contributed by atoms with Gasteiger partial charge in [0.15, 0.2) is 0 Å². The number of rotatable bonds is 0. The molecule has 0 aliphatic carbocycles. The number of halogens is 1. The largest absolute Gasteiger partial charge is 0.465 e. The number of amides is 1. The van der Waals surface area contributed by atoms with Crippen molar-refractivity contribution >= 4 is 34.4 Å². The molecule has 0 atom stereocenters. The number of hydrogen-bond acceptors (Lipinski definition) is 1. The van der Waals surface area contributed by atoms with Crippen LogP contribution in [0, 0.1) is 3.57 Å². The van der Waals surface area contributed by atoms with E-state index in [1.54, 1.807) is 0 Å². The van der Waals surface area contributed by atoms with E-state index in [0.717, 1.165) is 27.7 Å². The Balaban J connectivity index is 2.52. The van der Waals surface area contributed by atoms with E-state index in [2.05, 4.69) is 22.6 Å². The molecule has 0 aromatic heterocycles. The first-order valence-electron chi connectivity index (χ1n) is 4.48. The first-order chi connectivity index (χ1) is 6.70. The van der Waals surface area contributed by atoms with E-state index < -0.39 is 6.09 Å². The number of aryl methyl sites for hydroxylation is 1. The lowest BCUT2D eigenvalue weighted by Gasteiger charge is -2.27. The van der Waals surface area contributed by atoms with Gasteiger partial charge in [-0.3, -0.25) is 4.90 Å². The molecule has 1 amide bonds. The van der Waals surface area contributed by atoms with Crippen LogP contribution in [-0.2, 0) is 6.42 Å². The van der Waals surface area contributed by atoms with Crippen LogP contribution in [0.5, 0.6) is 0 Å². The number of nitrogens with zero attached hydrogens (tertiary/aromatic N) is 1. The van der Waals surface area contributed by atoms with Crippen molar-refractivity contribution < 1.29 is 9.90 Å². The number of benzene rings is 1. The lowest BCUT2D eigenvalue weighted by molar-refractivity contribution is 0.201. The fraction of sp³-hybridized carbons (Fsp3) is 0.300. The van der Waals surface area contributed by atoms with Gasteiger partial charge >= 0.3 is 6.09 Å². The Morgan fingerprint density at radius 3 is 3.00 bits per heavy atom. The molecule has 1 N–H and O–H groups in total. The van der Waals surface area contributed by atoms with Gasteiger partial charge in [-0.2, -0.15) is 0 Å². The first kappa shape index (κ1) is 9.76. The maximum Gasteiger partial charge on any atom is 0.411 e. The van der Waals surface area contributed by atoms with E-state index in [4.69, 9.17) is 5.11 Å². The van der Waals surface area contributed by atoms with Crippen LogP contribution >= 0.6 is 22.6 Å². The third-order valence-electron chi connectivity index (χ3n) is 2.40. The average Bonchev–Trinajstić information content (AvgIpc) is 2.17. The number of para-hydroxylation sites is 1. The lowest BCUT2D eigenvalue weighted by atomic mass is 10.0. The molecule has 1 aliphatic heterocycles. The van der Waals surface area contributed by atoms with Crippen molar-refractivity contribution in [3.8, 4) is 0 Å². The SMILES string of the molecule is O=C(O)N1CCCc2cccc(I)c21. The Morgan fingerprint density at radius 2 is 2.29 bits per heavy atom. The molecule has 0 saturated heterocycles. The highest BCUT2D eigenvalue weighted by molar-refractivity contribution is 14.1. The molecule has 74 valence electrons. The normalized spacial score (nSPS) is 15.1. The van der Waals surface area contributed by atoms with Gasteiger partial charge in [-0.05, 0) is 47.1 Å². The van der Waals surface area contributed by atoms with Gasteiger partial charge in [0.1, 0.15) is 0 Å². The van der Waals surface area contributed by atoms with Crippen molar-refractivity contribution in [2.75, 3.05) is 11.4 Å². The van der Waals surface area contributed by atoms with Gasteiger partial charge in [-0.15, -0.1) is 0 Å². The first-order valence-corrected chi connectivity index (χ1v) is 5.56. The second-order valence-corrected chi connectivity index (χ2v) is 4.45. The highest BCUT2D eigenvalue weighted by Gasteiger charge is 2.23. The molecule has 0 spiro atoms. The molecule has 1 aromatic rings. The molecule has 1 aliphatic rings. The summed E-state index contributed by atoms with van der Waals surface area (Å²) in [5, 5.41) is 9.03. The van der Waals surface area contributed by atoms with Crippen molar-refractivity contribution in [1.82, 2.24) is 0 Å². The molecule has 4 heteroatoms. The van der Waals surface area contributed by atoms with Crippen LogP contribution in [0.15, 0.2) is 18.2 Å². The highest BCUT2D eigenvalue weighted by Crippen LogP contribution is 2.31. The van der Waals surface area contributed by atoms with E-state index in [1.807, 2.05) is 18.2 Å². The Hall–Kier alpha value is -0.780. The number of hydrogen-bond donors (Lipinski definition) is 1. The van der Waals surface area contributed by atoms with Gasteiger partial charge in [-0.1, -0.05) is 12.1 Å². The number of carboxylic acid groups (broad SMARTS) is 1. The standard InChI is InChI=1S/C10H10INO2/c11-8-5-1-3-7-4-2-6-12(9(7)8)10(13)14/h1,3,5H,2,4,6H2,(H,13,14). The summed E-state index contributed by atoms with van der Waals surface area (Å²) in [6.07, 6.45) is 1.05. The lowest BCUT2D eigenvalue weighted by Crippen LogP contribution is -2.34. The second kappa shape index (κ2) is 3.76. The van der Waals surface area contributed by atoms with Gasteiger partial charge in [0.2, 0.25) is 0 Å². The molecular formula is C10H10INO2. The molecule has 2 rings (SSSR count). The molecule has 1 aromatic carbocycles. The maximum atomic E-state index is 11.0. The topological polar surface area (TPSA) is 40.5 Å². The molecule has 0 unspecified atom stereocenters. The number of fused-ring (bicyclic) bond motifs is 1. The van der Waals surface area contributed by atoms with E-state index >= 15 is 0 Å². The average molecular weight is 303 g/mol. The van der Waals surface area contributed by atoms with Crippen molar-refractivity contribution in [2.45, 2.75) is 12.8 Å². The van der Waals surface area contributed by atoms with Crippen LogP contribution in [0.25, 0.3) is 0 Å². The molecule has 1 heterocycles. The summed E-state index contributed by atoms with van der Waals surface area (Å²) in [4.78, 5) is 12.4. The van der Waals surface area contributed by atoms with Crippen LogP contribution in [0.3, 0.4) is 0 Å². The van der Waals surface area contributed by atoms with Crippen LogP contribution in [0.1, 0.15) is 12.0 Å². The van der Waals surface area contributed by atoms with Gasteiger partial charge < -0.3 is 5.11 Å². The van der Waals surface area contributed by atoms with E-state index in [0.29, 0.717) is 6.54 Å². The van der Waals surface area contributed by atoms with Crippen molar-refractivity contribution in [1.29, 1.82) is 0 Å². The Kier molecular flexibility index (Phi) is 2.62. The van der Waals surface area contributed by atoms with Crippen LogP contribution in [0.2, 0.25) is 0 Å². The quantitative estimate of drug-likeness (QED) is 0.749. The zero-order valence-electron chi connectivity index (χ0n) is 7.53. The van der Waals surface area contributed by atoms with Crippen LogP contribution in [0.4, 0.5) is 10.5 Å². The molecule has 0 fully saturated rings. The van der Waals surface area contributed by atoms with Gasteiger partial charge in [-0.25, -0.2) is 4.79 Å². The smallest absolute Gasteiger partial charge is 0.411 e. The fourth-order valence-corrected chi connectivity index (χ4v) is 2.64. The summed E-state index contributed by atoms with van der Waals surface area (Å²) < 4.78 is 1.02. The van der Waals surface area contributed by atoms with Crippen LogP contribution in [-0.4, -0.2) is 17.7 Å². The van der Waals surface area contributed by atoms with Gasteiger partial charge in [0.05, 0.1) is 5.69 Å². The summed E-state index contributed by atoms with van der Waals surface area (Å²) in [7, 11) is 0. The monoisotopic (exact) mass is 303 g/mol. The van der Waals surface area contributed by atoms with Crippen LogP contribution < -0.4 is 4.90 Å². The van der Waals surface area contributed by atoms with Crippen molar-refractivity contribution in [3.05, 3.63) is 27.3 Å². The maximum absolute atomic E-state index is 11.0. The Morgan fingerprint density at radius 1 is 1.50 bits per heavy atom. The summed E-state index contributed by atoms with van der Waals surface area (Å²) >= 11 is 2.19. The molecule has 0 bridgehead atoms. The number of carbonyl (C=O) groups is 1. The zero-order chi connectivity index (χ0) is 10.1. The van der Waals surface area contributed by atoms with E-state index in [-0.39, 0.29) is 0 Å².